The van der Waals surface area contributed by atoms with Gasteiger partial charge in [-0.25, -0.2) is 9.59 Å². The minimum atomic E-state index is -1.23. The number of carbonyl (C=O) groups excluding carboxylic acids is 2. The smallest absolute Gasteiger partial charge is 0.328 e. The van der Waals surface area contributed by atoms with Gasteiger partial charge in [0.05, 0.1) is 0 Å². The standard InChI is InChI=1S/C12H16N2O4/c15-9(3-4-10(16)17)14-11(18)13-7-12(5-6-12)8-1-2-8/h3-4,8H,1-2,5-7H2,(H,16,17)(H2,13,14,15,18)/b4-3+. The second-order valence-electron chi connectivity index (χ2n) is 4.98. The fourth-order valence-electron chi connectivity index (χ4n) is 2.19. The third kappa shape index (κ3) is 3.32. The third-order valence-electron chi connectivity index (χ3n) is 3.55. The summed E-state index contributed by atoms with van der Waals surface area (Å²) in [6.07, 6.45) is 6.27. The highest BCUT2D eigenvalue weighted by Gasteiger charge is 2.53. The monoisotopic (exact) mass is 252 g/mol. The predicted octanol–water partition coefficient (Wildman–Crippen LogP) is 0.643. The largest absolute Gasteiger partial charge is 0.478 e. The Morgan fingerprint density at radius 3 is 2.39 bits per heavy atom. The Labute approximate surface area is 104 Å². The lowest BCUT2D eigenvalue weighted by atomic mass is 10.0. The number of carboxylic acids is 1. The van der Waals surface area contributed by atoms with E-state index in [4.69, 9.17) is 5.11 Å². The van der Waals surface area contributed by atoms with Crippen LogP contribution in [0.1, 0.15) is 25.7 Å². The van der Waals surface area contributed by atoms with Gasteiger partial charge in [0.25, 0.3) is 5.91 Å². The van der Waals surface area contributed by atoms with E-state index in [1.807, 2.05) is 0 Å². The lowest BCUT2D eigenvalue weighted by Gasteiger charge is -2.14. The number of amides is 3. The van der Waals surface area contributed by atoms with Crippen LogP contribution < -0.4 is 10.6 Å². The number of carboxylic acid groups (broad SMARTS) is 1. The summed E-state index contributed by atoms with van der Waals surface area (Å²) in [4.78, 5) is 32.7. The SMILES string of the molecule is O=C(O)/C=C/C(=O)NC(=O)NCC1(C2CC2)CC1. The van der Waals surface area contributed by atoms with Crippen LogP contribution in [0.25, 0.3) is 0 Å². The highest BCUT2D eigenvalue weighted by Crippen LogP contribution is 2.60. The van der Waals surface area contributed by atoms with E-state index in [0.29, 0.717) is 12.6 Å². The van der Waals surface area contributed by atoms with Crippen molar-refractivity contribution in [3.05, 3.63) is 12.2 Å². The summed E-state index contributed by atoms with van der Waals surface area (Å²) < 4.78 is 0. The van der Waals surface area contributed by atoms with Gasteiger partial charge in [-0.15, -0.1) is 0 Å². The molecular weight excluding hydrogens is 236 g/mol. The molecule has 2 aliphatic rings. The van der Waals surface area contributed by atoms with Gasteiger partial charge in [-0.3, -0.25) is 10.1 Å². The molecule has 0 unspecified atom stereocenters. The van der Waals surface area contributed by atoms with Gasteiger partial charge in [0, 0.05) is 18.7 Å². The molecule has 0 radical (unpaired) electrons. The summed E-state index contributed by atoms with van der Waals surface area (Å²) in [5.41, 5.74) is 0.275. The highest BCUT2D eigenvalue weighted by molar-refractivity contribution is 6.02. The Bertz CT molecular complexity index is 408. The fourth-order valence-corrected chi connectivity index (χ4v) is 2.19. The fraction of sp³-hybridized carbons (Fsp3) is 0.583. The molecule has 0 aromatic rings. The predicted molar refractivity (Wildman–Crippen MR) is 62.7 cm³/mol. The summed E-state index contributed by atoms with van der Waals surface area (Å²) in [6.45, 7) is 0.597. The first kappa shape index (κ1) is 12.6. The number of nitrogens with one attached hydrogen (secondary N) is 2. The Morgan fingerprint density at radius 1 is 1.22 bits per heavy atom. The van der Waals surface area contributed by atoms with E-state index in [9.17, 15) is 14.4 Å². The zero-order valence-electron chi connectivity index (χ0n) is 9.94. The molecule has 3 amide bonds. The van der Waals surface area contributed by atoms with E-state index >= 15 is 0 Å². The number of rotatable bonds is 5. The van der Waals surface area contributed by atoms with Gasteiger partial charge in [-0.1, -0.05) is 0 Å². The molecule has 2 saturated carbocycles. The van der Waals surface area contributed by atoms with Crippen molar-refractivity contribution in [1.82, 2.24) is 10.6 Å². The van der Waals surface area contributed by atoms with Gasteiger partial charge in [0.1, 0.15) is 0 Å². The molecule has 2 aliphatic carbocycles. The van der Waals surface area contributed by atoms with Crippen molar-refractivity contribution in [1.29, 1.82) is 0 Å². The zero-order chi connectivity index (χ0) is 13.2. The second-order valence-corrected chi connectivity index (χ2v) is 4.98. The van der Waals surface area contributed by atoms with Crippen LogP contribution in [-0.4, -0.2) is 29.6 Å². The number of urea groups is 1. The molecule has 0 bridgehead atoms. The molecule has 0 aliphatic heterocycles. The van der Waals surface area contributed by atoms with Crippen LogP contribution in [0.5, 0.6) is 0 Å². The van der Waals surface area contributed by atoms with E-state index < -0.39 is 17.9 Å². The van der Waals surface area contributed by atoms with Gasteiger partial charge in [0.2, 0.25) is 0 Å². The lowest BCUT2D eigenvalue weighted by Crippen LogP contribution is -2.41. The van der Waals surface area contributed by atoms with E-state index in [1.54, 1.807) is 0 Å². The Kier molecular flexibility index (Phi) is 3.36. The number of aliphatic carboxylic acids is 1. The molecule has 6 heteroatoms. The minimum Gasteiger partial charge on any atom is -0.478 e. The van der Waals surface area contributed by atoms with Gasteiger partial charge in [-0.05, 0) is 37.0 Å². The lowest BCUT2D eigenvalue weighted by molar-refractivity contribution is -0.131. The van der Waals surface area contributed by atoms with Crippen LogP contribution in [0.3, 0.4) is 0 Å². The van der Waals surface area contributed by atoms with E-state index in [1.165, 1.54) is 12.8 Å². The molecule has 0 aromatic carbocycles. The molecule has 0 atom stereocenters. The summed E-state index contributed by atoms with van der Waals surface area (Å²) >= 11 is 0. The first-order valence-corrected chi connectivity index (χ1v) is 6.02. The van der Waals surface area contributed by atoms with Crippen LogP contribution in [0, 0.1) is 11.3 Å². The van der Waals surface area contributed by atoms with E-state index in [-0.39, 0.29) is 5.41 Å². The maximum Gasteiger partial charge on any atom is 0.328 e. The number of imide groups is 1. The van der Waals surface area contributed by atoms with Crippen molar-refractivity contribution in [3.8, 4) is 0 Å². The summed E-state index contributed by atoms with van der Waals surface area (Å²) in [5.74, 6) is -1.22. The number of carbonyl (C=O) groups is 3. The molecule has 0 aromatic heterocycles. The van der Waals surface area contributed by atoms with Crippen molar-refractivity contribution in [2.45, 2.75) is 25.7 Å². The first-order valence-electron chi connectivity index (χ1n) is 6.02. The maximum atomic E-state index is 11.4. The van der Waals surface area contributed by atoms with Crippen molar-refractivity contribution < 1.29 is 19.5 Å². The van der Waals surface area contributed by atoms with E-state index in [2.05, 4.69) is 10.6 Å². The van der Waals surface area contributed by atoms with Gasteiger partial charge in [0.15, 0.2) is 0 Å². The van der Waals surface area contributed by atoms with Crippen LogP contribution in [0.2, 0.25) is 0 Å². The molecule has 0 heterocycles. The Morgan fingerprint density at radius 2 is 1.89 bits per heavy atom. The van der Waals surface area contributed by atoms with Crippen LogP contribution in [-0.2, 0) is 9.59 Å². The second kappa shape index (κ2) is 4.80. The quantitative estimate of drug-likeness (QED) is 0.626. The molecule has 0 saturated heterocycles. The normalized spacial score (nSPS) is 20.4. The van der Waals surface area contributed by atoms with Crippen LogP contribution >= 0.6 is 0 Å². The third-order valence-corrected chi connectivity index (χ3v) is 3.55. The summed E-state index contributed by atoms with van der Waals surface area (Å²) in [6, 6.07) is -0.568. The topological polar surface area (TPSA) is 95.5 Å². The molecule has 2 fully saturated rings. The number of hydrogen-bond acceptors (Lipinski definition) is 3. The average molecular weight is 252 g/mol. The van der Waals surface area contributed by atoms with E-state index in [0.717, 1.165) is 24.8 Å². The molecule has 98 valence electrons. The molecule has 2 rings (SSSR count). The number of hydrogen-bond donors (Lipinski definition) is 3. The van der Waals surface area contributed by atoms with Crippen molar-refractivity contribution in [2.24, 2.45) is 11.3 Å². The summed E-state index contributed by atoms with van der Waals surface area (Å²) in [5, 5.41) is 13.0. The van der Waals surface area contributed by atoms with Gasteiger partial charge >= 0.3 is 12.0 Å². The summed E-state index contributed by atoms with van der Waals surface area (Å²) in [7, 11) is 0. The van der Waals surface area contributed by atoms with Crippen molar-refractivity contribution in [3.63, 3.8) is 0 Å². The first-order chi connectivity index (χ1) is 8.52. The average Bonchev–Trinajstić information content (AvgIpc) is 3.14. The molecule has 6 nitrogen and oxygen atoms in total. The molecule has 0 spiro atoms. The Balaban J connectivity index is 1.69. The molecular formula is C12H16N2O4. The Hall–Kier alpha value is -1.85. The zero-order valence-corrected chi connectivity index (χ0v) is 9.94. The van der Waals surface area contributed by atoms with Crippen molar-refractivity contribution >= 4 is 17.9 Å². The van der Waals surface area contributed by atoms with Gasteiger partial charge in [-0.2, -0.15) is 0 Å². The van der Waals surface area contributed by atoms with Crippen LogP contribution in [0.4, 0.5) is 4.79 Å². The maximum absolute atomic E-state index is 11.4. The van der Waals surface area contributed by atoms with Crippen LogP contribution in [0.15, 0.2) is 12.2 Å². The van der Waals surface area contributed by atoms with Crippen molar-refractivity contribution in [2.75, 3.05) is 6.54 Å². The molecule has 3 N–H and O–H groups in total. The minimum absolute atomic E-state index is 0.275. The highest BCUT2D eigenvalue weighted by atomic mass is 16.4. The molecule has 18 heavy (non-hydrogen) atoms. The van der Waals surface area contributed by atoms with Gasteiger partial charge < -0.3 is 10.4 Å².